The van der Waals surface area contributed by atoms with Crippen LogP contribution in [-0.2, 0) is 11.2 Å². The van der Waals surface area contributed by atoms with Crippen molar-refractivity contribution in [3.63, 3.8) is 0 Å². The Morgan fingerprint density at radius 1 is 1.48 bits per heavy atom. The lowest BCUT2D eigenvalue weighted by Crippen LogP contribution is -2.42. The molecule has 2 heterocycles. The van der Waals surface area contributed by atoms with Gasteiger partial charge in [0.05, 0.1) is 12.0 Å². The maximum absolute atomic E-state index is 12.2. The van der Waals surface area contributed by atoms with E-state index in [1.807, 2.05) is 13.8 Å². The van der Waals surface area contributed by atoms with Crippen molar-refractivity contribution < 1.29 is 14.7 Å². The molecule has 0 saturated carbocycles. The van der Waals surface area contributed by atoms with E-state index in [2.05, 4.69) is 24.9 Å². The molecule has 0 bridgehead atoms. The molecule has 1 amide bonds. The van der Waals surface area contributed by atoms with Gasteiger partial charge in [-0.1, -0.05) is 18.3 Å². The van der Waals surface area contributed by atoms with Gasteiger partial charge in [0, 0.05) is 18.3 Å². The summed E-state index contributed by atoms with van der Waals surface area (Å²) >= 11 is 0.961. The number of H-pyrrole nitrogens is 1. The quantitative estimate of drug-likeness (QED) is 0.726. The number of hydrogen-bond acceptors (Lipinski definition) is 6. The zero-order valence-electron chi connectivity index (χ0n) is 11.5. The monoisotopic (exact) mass is 309 g/mol. The predicted octanol–water partition coefficient (Wildman–Crippen LogP) is 0.810. The molecule has 2 aromatic heterocycles. The molecule has 0 saturated heterocycles. The van der Waals surface area contributed by atoms with Crippen LogP contribution in [0, 0.1) is 0 Å². The van der Waals surface area contributed by atoms with Crippen molar-refractivity contribution >= 4 is 23.4 Å². The lowest BCUT2D eigenvalue weighted by Gasteiger charge is -2.13. The van der Waals surface area contributed by atoms with Crippen LogP contribution in [0.3, 0.4) is 0 Å². The first-order chi connectivity index (χ1) is 9.99. The molecule has 2 aromatic rings. The van der Waals surface area contributed by atoms with Crippen LogP contribution in [0.5, 0.6) is 0 Å². The molecule has 1 atom stereocenters. The number of carboxylic acid groups (broad SMARTS) is 1. The zero-order valence-corrected chi connectivity index (χ0v) is 12.3. The summed E-state index contributed by atoms with van der Waals surface area (Å²) < 4.78 is 3.76. The molecular formula is C12H15N5O3S. The van der Waals surface area contributed by atoms with E-state index in [0.29, 0.717) is 16.3 Å². The topological polar surface area (TPSA) is 121 Å². The number of carboxylic acids is 1. The van der Waals surface area contributed by atoms with Crippen molar-refractivity contribution in [2.45, 2.75) is 32.2 Å². The van der Waals surface area contributed by atoms with Crippen LogP contribution in [0.1, 0.15) is 40.8 Å². The number of nitrogens with zero attached hydrogens (tertiary/aromatic N) is 3. The molecule has 0 aliphatic carbocycles. The third kappa shape index (κ3) is 3.63. The van der Waals surface area contributed by atoms with Gasteiger partial charge in [0.25, 0.3) is 5.91 Å². The normalized spacial score (nSPS) is 12.3. The highest BCUT2D eigenvalue weighted by molar-refractivity contribution is 7.08. The number of imidazole rings is 1. The maximum atomic E-state index is 12.2. The van der Waals surface area contributed by atoms with Crippen LogP contribution in [0.15, 0.2) is 12.5 Å². The molecular weight excluding hydrogens is 294 g/mol. The van der Waals surface area contributed by atoms with Crippen LogP contribution in [0.4, 0.5) is 0 Å². The van der Waals surface area contributed by atoms with Gasteiger partial charge < -0.3 is 15.4 Å². The number of carbonyl (C=O) groups is 2. The van der Waals surface area contributed by atoms with Crippen molar-refractivity contribution in [1.29, 1.82) is 0 Å². The Labute approximate surface area is 124 Å². The maximum Gasteiger partial charge on any atom is 0.326 e. The van der Waals surface area contributed by atoms with E-state index in [1.54, 1.807) is 0 Å². The molecule has 112 valence electrons. The standard InChI is InChI=1S/C12H15N5O3S/c1-6(2)9-10(21-17-16-9)11(18)15-8(12(19)20)3-7-4-13-5-14-7/h4-6,8H,3H2,1-2H3,(H,13,14)(H,15,18)(H,19,20). The molecule has 0 spiro atoms. The summed E-state index contributed by atoms with van der Waals surface area (Å²) in [7, 11) is 0. The molecule has 0 aromatic carbocycles. The Balaban J connectivity index is 2.11. The van der Waals surface area contributed by atoms with E-state index >= 15 is 0 Å². The van der Waals surface area contributed by atoms with Gasteiger partial charge in [-0.25, -0.2) is 9.78 Å². The third-order valence-electron chi connectivity index (χ3n) is 2.85. The molecule has 0 aliphatic rings. The second kappa shape index (κ2) is 6.44. The minimum absolute atomic E-state index is 0.0420. The molecule has 0 aliphatic heterocycles. The summed E-state index contributed by atoms with van der Waals surface area (Å²) in [5, 5.41) is 15.6. The first-order valence-corrected chi connectivity index (χ1v) is 7.09. The number of nitrogens with one attached hydrogen (secondary N) is 2. The number of carbonyl (C=O) groups excluding carboxylic acids is 1. The number of aromatic amines is 1. The Bertz CT molecular complexity index is 623. The average Bonchev–Trinajstić information content (AvgIpc) is 3.08. The number of aromatic nitrogens is 4. The fraction of sp³-hybridized carbons (Fsp3) is 0.417. The van der Waals surface area contributed by atoms with Crippen molar-refractivity contribution in [2.24, 2.45) is 0 Å². The van der Waals surface area contributed by atoms with Gasteiger partial charge in [0.2, 0.25) is 0 Å². The smallest absolute Gasteiger partial charge is 0.326 e. The largest absolute Gasteiger partial charge is 0.480 e. The third-order valence-corrected chi connectivity index (χ3v) is 3.59. The van der Waals surface area contributed by atoms with Gasteiger partial charge in [-0.15, -0.1) is 5.10 Å². The van der Waals surface area contributed by atoms with E-state index in [0.717, 1.165) is 11.5 Å². The second-order valence-electron chi connectivity index (χ2n) is 4.79. The highest BCUT2D eigenvalue weighted by atomic mass is 32.1. The van der Waals surface area contributed by atoms with E-state index < -0.39 is 17.9 Å². The van der Waals surface area contributed by atoms with Crippen LogP contribution >= 0.6 is 11.5 Å². The van der Waals surface area contributed by atoms with Gasteiger partial charge in [-0.05, 0) is 17.5 Å². The Kier molecular flexibility index (Phi) is 4.63. The van der Waals surface area contributed by atoms with Crippen molar-refractivity contribution in [1.82, 2.24) is 24.9 Å². The highest BCUT2D eigenvalue weighted by Gasteiger charge is 2.25. The summed E-state index contributed by atoms with van der Waals surface area (Å²) in [4.78, 5) is 30.5. The van der Waals surface area contributed by atoms with Gasteiger partial charge in [-0.3, -0.25) is 4.79 Å². The van der Waals surface area contributed by atoms with Gasteiger partial charge >= 0.3 is 5.97 Å². The zero-order chi connectivity index (χ0) is 15.4. The van der Waals surface area contributed by atoms with E-state index in [9.17, 15) is 14.7 Å². The SMILES string of the molecule is CC(C)c1nnsc1C(=O)NC(Cc1cnc[nH]1)C(=O)O. The van der Waals surface area contributed by atoms with Gasteiger partial charge in [0.1, 0.15) is 10.9 Å². The summed E-state index contributed by atoms with van der Waals surface area (Å²) in [6, 6.07) is -1.04. The molecule has 0 fully saturated rings. The second-order valence-corrected chi connectivity index (χ2v) is 5.54. The summed E-state index contributed by atoms with van der Waals surface area (Å²) in [6.07, 6.45) is 3.11. The van der Waals surface area contributed by atoms with E-state index in [4.69, 9.17) is 0 Å². The number of amides is 1. The Morgan fingerprint density at radius 3 is 2.81 bits per heavy atom. The fourth-order valence-corrected chi connectivity index (χ4v) is 2.50. The number of aliphatic carboxylic acids is 1. The van der Waals surface area contributed by atoms with Crippen molar-refractivity contribution in [2.75, 3.05) is 0 Å². The molecule has 9 heteroatoms. The van der Waals surface area contributed by atoms with Crippen molar-refractivity contribution in [3.8, 4) is 0 Å². The molecule has 2 rings (SSSR count). The van der Waals surface area contributed by atoms with Gasteiger partial charge in [0.15, 0.2) is 0 Å². The van der Waals surface area contributed by atoms with Crippen LogP contribution < -0.4 is 5.32 Å². The molecule has 8 nitrogen and oxygen atoms in total. The fourth-order valence-electron chi connectivity index (χ4n) is 1.77. The number of rotatable bonds is 6. The lowest BCUT2D eigenvalue weighted by molar-refractivity contribution is -0.139. The lowest BCUT2D eigenvalue weighted by atomic mass is 10.1. The summed E-state index contributed by atoms with van der Waals surface area (Å²) in [5.41, 5.74) is 1.21. The first kappa shape index (κ1) is 15.1. The van der Waals surface area contributed by atoms with Crippen LogP contribution in [-0.4, -0.2) is 42.6 Å². The Morgan fingerprint density at radius 2 is 2.24 bits per heavy atom. The number of hydrogen-bond donors (Lipinski definition) is 3. The average molecular weight is 309 g/mol. The van der Waals surface area contributed by atoms with E-state index in [-0.39, 0.29) is 12.3 Å². The summed E-state index contributed by atoms with van der Waals surface area (Å²) in [5.74, 6) is -1.54. The molecule has 3 N–H and O–H groups in total. The molecule has 21 heavy (non-hydrogen) atoms. The van der Waals surface area contributed by atoms with Crippen LogP contribution in [0.2, 0.25) is 0 Å². The molecule has 1 unspecified atom stereocenters. The van der Waals surface area contributed by atoms with Crippen LogP contribution in [0.25, 0.3) is 0 Å². The van der Waals surface area contributed by atoms with E-state index in [1.165, 1.54) is 12.5 Å². The first-order valence-electron chi connectivity index (χ1n) is 6.32. The summed E-state index contributed by atoms with van der Waals surface area (Å²) in [6.45, 7) is 3.79. The van der Waals surface area contributed by atoms with Gasteiger partial charge in [-0.2, -0.15) is 0 Å². The Hall–Kier alpha value is -2.29. The minimum Gasteiger partial charge on any atom is -0.480 e. The minimum atomic E-state index is -1.11. The van der Waals surface area contributed by atoms with Crippen molar-refractivity contribution in [3.05, 3.63) is 28.8 Å². The predicted molar refractivity (Wildman–Crippen MR) is 75.2 cm³/mol. The highest BCUT2D eigenvalue weighted by Crippen LogP contribution is 2.19. The molecule has 0 radical (unpaired) electrons.